The number of hydrogen-bond acceptors (Lipinski definition) is 1. The highest BCUT2D eigenvalue weighted by Gasteiger charge is 2.47. The van der Waals surface area contributed by atoms with Crippen molar-refractivity contribution in [2.75, 3.05) is 11.4 Å². The number of aromatic amines is 1. The molecule has 2 aliphatic heterocycles. The van der Waals surface area contributed by atoms with Crippen LogP contribution < -0.4 is 4.90 Å². The van der Waals surface area contributed by atoms with Crippen molar-refractivity contribution >= 4 is 16.6 Å². The Morgan fingerprint density at radius 3 is 2.82 bits per heavy atom. The Bertz CT molecular complexity index is 876. The highest BCUT2D eigenvalue weighted by molar-refractivity contribution is 5.97. The van der Waals surface area contributed by atoms with Crippen LogP contribution in [0.3, 0.4) is 0 Å². The summed E-state index contributed by atoms with van der Waals surface area (Å²) in [5.74, 6) is 0. The Morgan fingerprint density at radius 2 is 1.91 bits per heavy atom. The molecule has 22 heavy (non-hydrogen) atoms. The molecular formula is C20H20N2. The largest absolute Gasteiger partial charge is 0.361 e. The van der Waals surface area contributed by atoms with Gasteiger partial charge in [0.2, 0.25) is 0 Å². The van der Waals surface area contributed by atoms with Gasteiger partial charge in [0.25, 0.3) is 0 Å². The maximum absolute atomic E-state index is 3.72. The lowest BCUT2D eigenvalue weighted by atomic mass is 9.78. The van der Waals surface area contributed by atoms with Gasteiger partial charge in [0.15, 0.2) is 0 Å². The molecule has 2 aromatic carbocycles. The third-order valence-corrected chi connectivity index (χ3v) is 5.71. The summed E-state index contributed by atoms with van der Waals surface area (Å²) in [5, 5.41) is 1.40. The number of aromatic nitrogens is 1. The van der Waals surface area contributed by atoms with Gasteiger partial charge in [0, 0.05) is 34.3 Å². The summed E-state index contributed by atoms with van der Waals surface area (Å²) in [6, 6.07) is 17.7. The first-order valence-corrected chi connectivity index (χ1v) is 8.33. The van der Waals surface area contributed by atoms with Gasteiger partial charge in [-0.3, -0.25) is 0 Å². The zero-order chi connectivity index (χ0) is 14.7. The van der Waals surface area contributed by atoms with E-state index in [0.29, 0.717) is 0 Å². The molecule has 0 aliphatic carbocycles. The van der Waals surface area contributed by atoms with Crippen LogP contribution in [0.4, 0.5) is 5.69 Å². The average Bonchev–Trinajstić information content (AvgIpc) is 3.17. The number of rotatable bonds is 1. The highest BCUT2D eigenvalue weighted by atomic mass is 15.2. The van der Waals surface area contributed by atoms with Crippen molar-refractivity contribution in [3.05, 3.63) is 54.1 Å². The SMILES string of the molecule is CCC12CCCN1c1ccccc1-c1[nH]c3ccccc3c12. The molecule has 1 N–H and O–H groups in total. The van der Waals surface area contributed by atoms with Gasteiger partial charge in [-0.15, -0.1) is 0 Å². The number of para-hydroxylation sites is 2. The molecule has 0 bridgehead atoms. The van der Waals surface area contributed by atoms with Crippen LogP contribution in [0.2, 0.25) is 0 Å². The van der Waals surface area contributed by atoms with E-state index in [1.807, 2.05) is 0 Å². The van der Waals surface area contributed by atoms with Gasteiger partial charge in [0.1, 0.15) is 0 Å². The lowest BCUT2D eigenvalue weighted by Gasteiger charge is -2.44. The Balaban J connectivity index is 1.96. The van der Waals surface area contributed by atoms with Crippen LogP contribution in [0.1, 0.15) is 31.7 Å². The van der Waals surface area contributed by atoms with Gasteiger partial charge in [-0.2, -0.15) is 0 Å². The number of nitrogens with zero attached hydrogens (tertiary/aromatic N) is 1. The van der Waals surface area contributed by atoms with Crippen LogP contribution in [0.5, 0.6) is 0 Å². The number of hydrogen-bond donors (Lipinski definition) is 1. The first-order chi connectivity index (χ1) is 10.8. The van der Waals surface area contributed by atoms with E-state index in [4.69, 9.17) is 0 Å². The molecule has 1 fully saturated rings. The molecule has 110 valence electrons. The molecule has 2 nitrogen and oxygen atoms in total. The van der Waals surface area contributed by atoms with Crippen LogP contribution in [0, 0.1) is 0 Å². The number of fused-ring (bicyclic) bond motifs is 8. The Labute approximate surface area is 130 Å². The first-order valence-electron chi connectivity index (χ1n) is 8.33. The number of H-pyrrole nitrogens is 1. The lowest BCUT2D eigenvalue weighted by molar-refractivity contribution is 0.428. The molecule has 1 aromatic heterocycles. The zero-order valence-electron chi connectivity index (χ0n) is 12.9. The molecule has 0 amide bonds. The molecule has 3 aromatic rings. The number of nitrogens with one attached hydrogen (secondary N) is 1. The van der Waals surface area contributed by atoms with Crippen molar-refractivity contribution in [3.8, 4) is 11.3 Å². The van der Waals surface area contributed by atoms with Gasteiger partial charge in [-0.25, -0.2) is 0 Å². The molecule has 0 spiro atoms. The number of anilines is 1. The predicted molar refractivity (Wildman–Crippen MR) is 92.3 cm³/mol. The smallest absolute Gasteiger partial charge is 0.0679 e. The molecule has 2 aliphatic rings. The fraction of sp³-hybridized carbons (Fsp3) is 0.300. The summed E-state index contributed by atoms with van der Waals surface area (Å²) >= 11 is 0. The van der Waals surface area contributed by atoms with Gasteiger partial charge < -0.3 is 9.88 Å². The Kier molecular flexibility index (Phi) is 2.33. The monoisotopic (exact) mass is 288 g/mol. The van der Waals surface area contributed by atoms with Crippen molar-refractivity contribution in [1.29, 1.82) is 0 Å². The average molecular weight is 288 g/mol. The van der Waals surface area contributed by atoms with E-state index >= 15 is 0 Å². The van der Waals surface area contributed by atoms with Gasteiger partial charge in [-0.1, -0.05) is 43.3 Å². The maximum atomic E-state index is 3.72. The third kappa shape index (κ3) is 1.31. The summed E-state index contributed by atoms with van der Waals surface area (Å²) in [7, 11) is 0. The second-order valence-electron chi connectivity index (χ2n) is 6.58. The van der Waals surface area contributed by atoms with Crippen molar-refractivity contribution in [2.24, 2.45) is 0 Å². The minimum Gasteiger partial charge on any atom is -0.361 e. The summed E-state index contributed by atoms with van der Waals surface area (Å²) in [6.45, 7) is 3.52. The van der Waals surface area contributed by atoms with E-state index in [1.54, 1.807) is 0 Å². The topological polar surface area (TPSA) is 19.0 Å². The summed E-state index contributed by atoms with van der Waals surface area (Å²) in [5.41, 5.74) is 7.08. The van der Waals surface area contributed by atoms with E-state index < -0.39 is 0 Å². The second kappa shape index (κ2) is 4.16. The van der Waals surface area contributed by atoms with Gasteiger partial charge >= 0.3 is 0 Å². The van der Waals surface area contributed by atoms with Crippen molar-refractivity contribution < 1.29 is 0 Å². The standard InChI is InChI=1S/C20H20N2/c1-2-20-12-7-13-22(20)17-11-6-4-9-15(17)19-18(20)14-8-3-5-10-16(14)21-19/h3-6,8-11,21H,2,7,12-13H2,1H3. The molecule has 1 saturated heterocycles. The molecule has 0 radical (unpaired) electrons. The van der Waals surface area contributed by atoms with Crippen molar-refractivity contribution in [1.82, 2.24) is 4.98 Å². The summed E-state index contributed by atoms with van der Waals surface area (Å²) < 4.78 is 0. The van der Waals surface area contributed by atoms with Crippen LogP contribution >= 0.6 is 0 Å². The van der Waals surface area contributed by atoms with Gasteiger partial charge in [-0.05, 0) is 31.4 Å². The molecule has 3 heterocycles. The van der Waals surface area contributed by atoms with Gasteiger partial charge in [0.05, 0.1) is 11.2 Å². The predicted octanol–water partition coefficient (Wildman–Crippen LogP) is 5.05. The summed E-state index contributed by atoms with van der Waals surface area (Å²) in [4.78, 5) is 6.39. The first kappa shape index (κ1) is 12.3. The van der Waals surface area contributed by atoms with E-state index in [-0.39, 0.29) is 5.54 Å². The van der Waals surface area contributed by atoms with Crippen LogP contribution in [0.15, 0.2) is 48.5 Å². The van der Waals surface area contributed by atoms with E-state index in [2.05, 4.69) is 65.3 Å². The van der Waals surface area contributed by atoms with E-state index in [1.165, 1.54) is 52.8 Å². The number of benzene rings is 2. The fourth-order valence-corrected chi connectivity index (χ4v) is 4.78. The Morgan fingerprint density at radius 1 is 1.09 bits per heavy atom. The minimum absolute atomic E-state index is 0.170. The van der Waals surface area contributed by atoms with Crippen molar-refractivity contribution in [3.63, 3.8) is 0 Å². The van der Waals surface area contributed by atoms with E-state index in [0.717, 1.165) is 6.42 Å². The lowest BCUT2D eigenvalue weighted by Crippen LogP contribution is -2.43. The van der Waals surface area contributed by atoms with Crippen LogP contribution in [-0.2, 0) is 5.54 Å². The quantitative estimate of drug-likeness (QED) is 0.663. The summed E-state index contributed by atoms with van der Waals surface area (Å²) in [6.07, 6.45) is 3.70. The Hall–Kier alpha value is -2.22. The molecule has 2 heteroatoms. The van der Waals surface area contributed by atoms with Crippen LogP contribution in [0.25, 0.3) is 22.2 Å². The highest BCUT2D eigenvalue weighted by Crippen LogP contribution is 2.55. The maximum Gasteiger partial charge on any atom is 0.0679 e. The molecular weight excluding hydrogens is 268 g/mol. The molecule has 5 rings (SSSR count). The second-order valence-corrected chi connectivity index (χ2v) is 6.58. The molecule has 1 unspecified atom stereocenters. The van der Waals surface area contributed by atoms with E-state index in [9.17, 15) is 0 Å². The van der Waals surface area contributed by atoms with Crippen LogP contribution in [-0.4, -0.2) is 11.5 Å². The van der Waals surface area contributed by atoms with Crippen molar-refractivity contribution in [2.45, 2.75) is 31.7 Å². The third-order valence-electron chi connectivity index (χ3n) is 5.71. The fourth-order valence-electron chi connectivity index (χ4n) is 4.78. The molecule has 0 saturated carbocycles. The minimum atomic E-state index is 0.170. The zero-order valence-corrected chi connectivity index (χ0v) is 12.9. The molecule has 1 atom stereocenters. The normalized spacial score (nSPS) is 22.5.